The first-order valence-corrected chi connectivity index (χ1v) is 6.59. The summed E-state index contributed by atoms with van der Waals surface area (Å²) in [4.78, 5) is 12.3. The highest BCUT2D eigenvalue weighted by Gasteiger charge is 2.22. The SMILES string of the molecule is Cc1onc(-c2ccccc2)c1C(=O)Nc1cnsn1. The van der Waals surface area contributed by atoms with Crippen LogP contribution in [-0.4, -0.2) is 19.8 Å². The lowest BCUT2D eigenvalue weighted by atomic mass is 10.1. The number of rotatable bonds is 3. The molecule has 7 heteroatoms. The van der Waals surface area contributed by atoms with Crippen molar-refractivity contribution < 1.29 is 9.32 Å². The zero-order chi connectivity index (χ0) is 13.9. The smallest absolute Gasteiger partial charge is 0.262 e. The molecule has 0 saturated heterocycles. The van der Waals surface area contributed by atoms with E-state index in [9.17, 15) is 4.79 Å². The third-order valence-electron chi connectivity index (χ3n) is 2.74. The van der Waals surface area contributed by atoms with Crippen LogP contribution in [-0.2, 0) is 0 Å². The van der Waals surface area contributed by atoms with Crippen LogP contribution in [0.5, 0.6) is 0 Å². The largest absolute Gasteiger partial charge is 0.360 e. The number of aryl methyl sites for hydroxylation is 1. The third-order valence-corrected chi connectivity index (χ3v) is 3.22. The number of benzene rings is 1. The van der Waals surface area contributed by atoms with Gasteiger partial charge in [-0.15, -0.1) is 0 Å². The van der Waals surface area contributed by atoms with Gasteiger partial charge in [0.25, 0.3) is 5.91 Å². The molecule has 0 fully saturated rings. The molecule has 3 rings (SSSR count). The number of hydrogen-bond donors (Lipinski definition) is 1. The van der Waals surface area contributed by atoms with Gasteiger partial charge in [0.2, 0.25) is 0 Å². The second kappa shape index (κ2) is 5.22. The van der Waals surface area contributed by atoms with Crippen molar-refractivity contribution in [3.8, 4) is 11.3 Å². The van der Waals surface area contributed by atoms with E-state index in [0.717, 1.165) is 17.3 Å². The zero-order valence-corrected chi connectivity index (χ0v) is 11.3. The minimum absolute atomic E-state index is 0.310. The monoisotopic (exact) mass is 286 g/mol. The molecule has 0 aliphatic heterocycles. The number of hydrogen-bond acceptors (Lipinski definition) is 6. The van der Waals surface area contributed by atoms with Gasteiger partial charge in [-0.1, -0.05) is 35.5 Å². The lowest BCUT2D eigenvalue weighted by Crippen LogP contribution is -2.13. The molecule has 0 bridgehead atoms. The van der Waals surface area contributed by atoms with E-state index in [1.54, 1.807) is 6.92 Å². The Kier molecular flexibility index (Phi) is 3.26. The minimum Gasteiger partial charge on any atom is -0.360 e. The van der Waals surface area contributed by atoms with Gasteiger partial charge in [-0.25, -0.2) is 0 Å². The van der Waals surface area contributed by atoms with E-state index < -0.39 is 0 Å². The maximum atomic E-state index is 12.3. The second-order valence-electron chi connectivity index (χ2n) is 4.08. The lowest BCUT2D eigenvalue weighted by molar-refractivity contribution is 0.102. The van der Waals surface area contributed by atoms with Crippen molar-refractivity contribution in [2.45, 2.75) is 6.92 Å². The fraction of sp³-hybridized carbons (Fsp3) is 0.0769. The number of nitrogens with zero attached hydrogens (tertiary/aromatic N) is 3. The number of nitrogens with one attached hydrogen (secondary N) is 1. The summed E-state index contributed by atoms with van der Waals surface area (Å²) in [6.45, 7) is 1.70. The molecule has 1 N–H and O–H groups in total. The predicted molar refractivity (Wildman–Crippen MR) is 74.5 cm³/mol. The van der Waals surface area contributed by atoms with Crippen LogP contribution in [0, 0.1) is 6.92 Å². The lowest BCUT2D eigenvalue weighted by Gasteiger charge is -2.02. The Morgan fingerprint density at radius 3 is 2.80 bits per heavy atom. The summed E-state index contributed by atoms with van der Waals surface area (Å²) < 4.78 is 12.9. The first-order chi connectivity index (χ1) is 9.75. The van der Waals surface area contributed by atoms with Crippen LogP contribution < -0.4 is 5.32 Å². The Morgan fingerprint density at radius 2 is 2.10 bits per heavy atom. The summed E-state index contributed by atoms with van der Waals surface area (Å²) >= 11 is 1.03. The van der Waals surface area contributed by atoms with E-state index in [1.165, 1.54) is 6.20 Å². The van der Waals surface area contributed by atoms with Gasteiger partial charge in [0.1, 0.15) is 17.0 Å². The molecule has 0 aliphatic carbocycles. The molecule has 0 aliphatic rings. The number of carbonyl (C=O) groups is 1. The van der Waals surface area contributed by atoms with Gasteiger partial charge in [-0.2, -0.15) is 8.75 Å². The molecule has 0 unspecified atom stereocenters. The second-order valence-corrected chi connectivity index (χ2v) is 4.63. The van der Waals surface area contributed by atoms with E-state index in [2.05, 4.69) is 19.2 Å². The predicted octanol–water partition coefficient (Wildman–Crippen LogP) is 2.75. The van der Waals surface area contributed by atoms with Crippen LogP contribution in [0.2, 0.25) is 0 Å². The average Bonchev–Trinajstić information content (AvgIpc) is 3.09. The number of carbonyl (C=O) groups excluding carboxylic acids is 1. The normalized spacial score (nSPS) is 10.4. The van der Waals surface area contributed by atoms with E-state index in [1.807, 2.05) is 30.3 Å². The quantitative estimate of drug-likeness (QED) is 0.800. The van der Waals surface area contributed by atoms with Gasteiger partial charge >= 0.3 is 0 Å². The molecule has 0 saturated carbocycles. The van der Waals surface area contributed by atoms with E-state index in [4.69, 9.17) is 4.52 Å². The van der Waals surface area contributed by atoms with E-state index in [-0.39, 0.29) is 5.91 Å². The third kappa shape index (κ3) is 2.30. The van der Waals surface area contributed by atoms with Crippen molar-refractivity contribution in [1.29, 1.82) is 0 Å². The molecule has 1 aromatic carbocycles. The highest BCUT2D eigenvalue weighted by molar-refractivity contribution is 6.99. The highest BCUT2D eigenvalue weighted by atomic mass is 32.1. The first kappa shape index (κ1) is 12.5. The number of aromatic nitrogens is 3. The summed E-state index contributed by atoms with van der Waals surface area (Å²) in [5.74, 6) is 0.569. The van der Waals surface area contributed by atoms with Crippen molar-refractivity contribution in [2.75, 3.05) is 5.32 Å². The Labute approximate surface area is 118 Å². The fourth-order valence-electron chi connectivity index (χ4n) is 1.83. The van der Waals surface area contributed by atoms with Crippen molar-refractivity contribution >= 4 is 23.5 Å². The number of amides is 1. The summed E-state index contributed by atoms with van der Waals surface area (Å²) in [6, 6.07) is 9.41. The molecule has 20 heavy (non-hydrogen) atoms. The minimum atomic E-state index is -0.310. The van der Waals surface area contributed by atoms with Crippen LogP contribution in [0.15, 0.2) is 41.1 Å². The Balaban J connectivity index is 1.97. The summed E-state index contributed by atoms with van der Waals surface area (Å²) in [5.41, 5.74) is 1.75. The van der Waals surface area contributed by atoms with Crippen molar-refractivity contribution in [3.05, 3.63) is 47.9 Å². The molecule has 6 nitrogen and oxygen atoms in total. The molecular formula is C13H10N4O2S. The van der Waals surface area contributed by atoms with Crippen LogP contribution in [0.1, 0.15) is 16.1 Å². The van der Waals surface area contributed by atoms with Crippen LogP contribution in [0.4, 0.5) is 5.82 Å². The zero-order valence-electron chi connectivity index (χ0n) is 10.5. The van der Waals surface area contributed by atoms with Gasteiger partial charge < -0.3 is 9.84 Å². The summed E-state index contributed by atoms with van der Waals surface area (Å²) in [6.07, 6.45) is 1.49. The topological polar surface area (TPSA) is 80.9 Å². The van der Waals surface area contributed by atoms with E-state index in [0.29, 0.717) is 22.8 Å². The Morgan fingerprint density at radius 1 is 1.30 bits per heavy atom. The van der Waals surface area contributed by atoms with Gasteiger partial charge in [0, 0.05) is 5.56 Å². The Hall–Kier alpha value is -2.54. The Bertz CT molecular complexity index is 722. The van der Waals surface area contributed by atoms with E-state index >= 15 is 0 Å². The molecule has 0 atom stereocenters. The molecule has 3 aromatic rings. The molecular weight excluding hydrogens is 276 g/mol. The maximum absolute atomic E-state index is 12.3. The summed E-state index contributed by atoms with van der Waals surface area (Å²) in [7, 11) is 0. The molecule has 1 amide bonds. The molecule has 2 heterocycles. The van der Waals surface area contributed by atoms with Crippen LogP contribution >= 0.6 is 11.7 Å². The van der Waals surface area contributed by atoms with Crippen molar-refractivity contribution in [1.82, 2.24) is 13.9 Å². The molecule has 2 aromatic heterocycles. The van der Waals surface area contributed by atoms with Crippen molar-refractivity contribution in [3.63, 3.8) is 0 Å². The van der Waals surface area contributed by atoms with Gasteiger partial charge in [0.05, 0.1) is 17.9 Å². The van der Waals surface area contributed by atoms with Gasteiger partial charge in [0.15, 0.2) is 5.82 Å². The fourth-order valence-corrected chi connectivity index (χ4v) is 2.21. The molecule has 0 radical (unpaired) electrons. The summed E-state index contributed by atoms with van der Waals surface area (Å²) in [5, 5.41) is 6.64. The maximum Gasteiger partial charge on any atom is 0.262 e. The number of anilines is 1. The average molecular weight is 286 g/mol. The molecule has 100 valence electrons. The van der Waals surface area contributed by atoms with Crippen molar-refractivity contribution in [2.24, 2.45) is 0 Å². The van der Waals surface area contributed by atoms with Crippen LogP contribution in [0.3, 0.4) is 0 Å². The standard InChI is InChI=1S/C13H10N4O2S/c1-8-11(13(18)15-10-7-14-20-17-10)12(16-19-8)9-5-3-2-4-6-9/h2-7H,1H3,(H,15,17,18). The van der Waals surface area contributed by atoms with Gasteiger partial charge in [-0.05, 0) is 6.92 Å². The van der Waals surface area contributed by atoms with Gasteiger partial charge in [-0.3, -0.25) is 4.79 Å². The van der Waals surface area contributed by atoms with Crippen LogP contribution in [0.25, 0.3) is 11.3 Å². The first-order valence-electron chi connectivity index (χ1n) is 5.86. The molecule has 0 spiro atoms. The highest BCUT2D eigenvalue weighted by Crippen LogP contribution is 2.25.